The van der Waals surface area contributed by atoms with Gasteiger partial charge in [-0.3, -0.25) is 9.59 Å². The molecular formula is C19H26N2O4. The number of phenols is 1. The van der Waals surface area contributed by atoms with Crippen LogP contribution in [0.3, 0.4) is 0 Å². The largest absolute Gasteiger partial charge is 0.508 e. The van der Waals surface area contributed by atoms with E-state index in [1.165, 1.54) is 12.1 Å². The van der Waals surface area contributed by atoms with E-state index in [0.717, 1.165) is 13.1 Å². The highest BCUT2D eigenvalue weighted by Gasteiger charge is 2.42. The first-order valence-corrected chi connectivity index (χ1v) is 8.73. The molecule has 1 aromatic rings. The van der Waals surface area contributed by atoms with Gasteiger partial charge in [-0.2, -0.15) is 0 Å². The molecule has 1 heterocycles. The monoisotopic (exact) mass is 346 g/mol. The first-order valence-electron chi connectivity index (χ1n) is 8.73. The van der Waals surface area contributed by atoms with Crippen molar-refractivity contribution in [2.75, 3.05) is 26.2 Å². The van der Waals surface area contributed by atoms with E-state index in [4.69, 9.17) is 0 Å². The van der Waals surface area contributed by atoms with Gasteiger partial charge in [-0.25, -0.2) is 0 Å². The summed E-state index contributed by atoms with van der Waals surface area (Å²) in [6.45, 7) is 8.61. The van der Waals surface area contributed by atoms with Crippen molar-refractivity contribution in [1.82, 2.24) is 9.80 Å². The lowest BCUT2D eigenvalue weighted by Gasteiger charge is -2.29. The van der Waals surface area contributed by atoms with Gasteiger partial charge in [0, 0.05) is 19.5 Å². The molecule has 1 atom stereocenters. The molecule has 0 aliphatic carbocycles. The van der Waals surface area contributed by atoms with Gasteiger partial charge in [0.25, 0.3) is 5.91 Å². The molecule has 0 spiro atoms. The lowest BCUT2D eigenvalue weighted by atomic mass is 9.95. The Morgan fingerprint density at radius 2 is 1.72 bits per heavy atom. The van der Waals surface area contributed by atoms with Crippen LogP contribution < -0.4 is 0 Å². The van der Waals surface area contributed by atoms with Gasteiger partial charge in [-0.15, -0.1) is 0 Å². The number of likely N-dealkylation sites (N-methyl/N-ethyl adjacent to an activating group) is 1. The molecule has 0 radical (unpaired) electrons. The number of benzene rings is 1. The summed E-state index contributed by atoms with van der Waals surface area (Å²) in [4.78, 5) is 28.7. The Hall–Kier alpha value is -2.34. The number of carbonyl (C=O) groups is 2. The molecule has 136 valence electrons. The molecule has 1 aromatic carbocycles. The summed E-state index contributed by atoms with van der Waals surface area (Å²) in [6.07, 6.45) is 0.213. The molecular weight excluding hydrogens is 320 g/mol. The molecule has 0 saturated carbocycles. The van der Waals surface area contributed by atoms with Crippen LogP contribution in [0.5, 0.6) is 5.75 Å². The molecule has 0 saturated heterocycles. The fraction of sp³-hybridized carbons (Fsp3) is 0.474. The standard InChI is InChI=1S/C19H26N2O4/c1-4-15(23)16-17(13-7-9-14(22)10-8-13)21(19(25)18(16)24)12-11-20(5-2)6-3/h7-10,17,22,24H,4-6,11-12H2,1-3H3. The van der Waals surface area contributed by atoms with Crippen molar-refractivity contribution in [3.63, 3.8) is 0 Å². The van der Waals surface area contributed by atoms with Crippen LogP contribution in [0.1, 0.15) is 38.8 Å². The number of carbonyl (C=O) groups excluding carboxylic acids is 2. The molecule has 0 bridgehead atoms. The third kappa shape index (κ3) is 3.85. The van der Waals surface area contributed by atoms with Crippen LogP contribution >= 0.6 is 0 Å². The Bertz CT molecular complexity index is 663. The third-order valence-electron chi connectivity index (χ3n) is 4.69. The minimum Gasteiger partial charge on any atom is -0.508 e. The van der Waals surface area contributed by atoms with E-state index in [1.807, 2.05) is 0 Å². The molecule has 0 fully saturated rings. The van der Waals surface area contributed by atoms with E-state index in [1.54, 1.807) is 24.0 Å². The van der Waals surface area contributed by atoms with Gasteiger partial charge in [0.05, 0.1) is 11.6 Å². The number of amides is 1. The molecule has 2 rings (SSSR count). The van der Waals surface area contributed by atoms with Crippen molar-refractivity contribution in [3.8, 4) is 5.75 Å². The van der Waals surface area contributed by atoms with Crippen molar-refractivity contribution in [1.29, 1.82) is 0 Å². The lowest BCUT2D eigenvalue weighted by Crippen LogP contribution is -2.38. The summed E-state index contributed by atoms with van der Waals surface area (Å²) in [5.74, 6) is -1.10. The maximum absolute atomic E-state index is 12.6. The predicted molar refractivity (Wildman–Crippen MR) is 95.3 cm³/mol. The van der Waals surface area contributed by atoms with Crippen LogP contribution in [0, 0.1) is 0 Å². The summed E-state index contributed by atoms with van der Waals surface area (Å²) in [5.41, 5.74) is 0.851. The molecule has 6 heteroatoms. The van der Waals surface area contributed by atoms with Crippen LogP contribution in [-0.4, -0.2) is 57.9 Å². The average Bonchev–Trinajstić information content (AvgIpc) is 2.87. The molecule has 6 nitrogen and oxygen atoms in total. The molecule has 2 N–H and O–H groups in total. The molecule has 25 heavy (non-hydrogen) atoms. The fourth-order valence-corrected chi connectivity index (χ4v) is 3.15. The molecule has 1 amide bonds. The molecule has 1 aliphatic heterocycles. The van der Waals surface area contributed by atoms with E-state index >= 15 is 0 Å². The number of nitrogens with zero attached hydrogens (tertiary/aromatic N) is 2. The summed E-state index contributed by atoms with van der Waals surface area (Å²) >= 11 is 0. The smallest absolute Gasteiger partial charge is 0.290 e. The van der Waals surface area contributed by atoms with Crippen LogP contribution in [0.15, 0.2) is 35.6 Å². The highest BCUT2D eigenvalue weighted by atomic mass is 16.3. The molecule has 0 aromatic heterocycles. The van der Waals surface area contributed by atoms with Gasteiger partial charge in [0.15, 0.2) is 11.5 Å². The van der Waals surface area contributed by atoms with E-state index in [0.29, 0.717) is 18.7 Å². The SMILES string of the molecule is CCC(=O)C1=C(O)C(=O)N(CCN(CC)CC)C1c1ccc(O)cc1. The summed E-state index contributed by atoms with van der Waals surface area (Å²) < 4.78 is 0. The van der Waals surface area contributed by atoms with Crippen LogP contribution in [-0.2, 0) is 9.59 Å². The number of Topliss-reactive ketones (excluding diaryl/α,β-unsaturated/α-hetero) is 1. The quantitative estimate of drug-likeness (QED) is 0.755. The van der Waals surface area contributed by atoms with Crippen molar-refractivity contribution in [2.24, 2.45) is 0 Å². The maximum Gasteiger partial charge on any atom is 0.290 e. The Morgan fingerprint density at radius 1 is 1.12 bits per heavy atom. The first-order chi connectivity index (χ1) is 11.9. The number of hydrogen-bond acceptors (Lipinski definition) is 5. The average molecular weight is 346 g/mol. The van der Waals surface area contributed by atoms with Crippen LogP contribution in [0.4, 0.5) is 0 Å². The number of phenolic OH excluding ortho intramolecular Hbond substituents is 1. The zero-order valence-corrected chi connectivity index (χ0v) is 15.0. The third-order valence-corrected chi connectivity index (χ3v) is 4.69. The number of ketones is 1. The second-order valence-electron chi connectivity index (χ2n) is 6.06. The number of aromatic hydroxyl groups is 1. The Balaban J connectivity index is 2.38. The fourth-order valence-electron chi connectivity index (χ4n) is 3.15. The van der Waals surface area contributed by atoms with Crippen molar-refractivity contribution in [2.45, 2.75) is 33.2 Å². The highest BCUT2D eigenvalue weighted by Crippen LogP contribution is 2.38. The molecule has 1 unspecified atom stereocenters. The van der Waals surface area contributed by atoms with Crippen molar-refractivity contribution < 1.29 is 19.8 Å². The van der Waals surface area contributed by atoms with Gasteiger partial charge in [-0.1, -0.05) is 32.9 Å². The lowest BCUT2D eigenvalue weighted by molar-refractivity contribution is -0.129. The Kier molecular flexibility index (Phi) is 6.20. The first kappa shape index (κ1) is 19.0. The zero-order valence-electron chi connectivity index (χ0n) is 15.0. The number of aliphatic hydroxyl groups excluding tert-OH is 1. The predicted octanol–water partition coefficient (Wildman–Crippen LogP) is 2.41. The Morgan fingerprint density at radius 3 is 2.24 bits per heavy atom. The van der Waals surface area contributed by atoms with Gasteiger partial charge < -0.3 is 20.0 Å². The highest BCUT2D eigenvalue weighted by molar-refractivity contribution is 6.08. The van der Waals surface area contributed by atoms with Gasteiger partial charge in [-0.05, 0) is 30.8 Å². The van der Waals surface area contributed by atoms with Gasteiger partial charge >= 0.3 is 0 Å². The van der Waals surface area contributed by atoms with Crippen molar-refractivity contribution in [3.05, 3.63) is 41.2 Å². The summed E-state index contributed by atoms with van der Waals surface area (Å²) in [5, 5.41) is 19.8. The zero-order chi connectivity index (χ0) is 18.6. The van der Waals surface area contributed by atoms with E-state index in [9.17, 15) is 19.8 Å². The number of aliphatic hydroxyl groups is 1. The topological polar surface area (TPSA) is 81.1 Å². The number of hydrogen-bond donors (Lipinski definition) is 2. The van der Waals surface area contributed by atoms with Crippen molar-refractivity contribution >= 4 is 11.7 Å². The Labute approximate surface area is 148 Å². The van der Waals surface area contributed by atoms with E-state index in [-0.39, 0.29) is 23.5 Å². The minimum atomic E-state index is -0.615. The molecule has 1 aliphatic rings. The normalized spacial score (nSPS) is 17.7. The van der Waals surface area contributed by atoms with E-state index < -0.39 is 17.7 Å². The van der Waals surface area contributed by atoms with Gasteiger partial charge in [0.1, 0.15) is 5.75 Å². The second kappa shape index (κ2) is 8.16. The summed E-state index contributed by atoms with van der Waals surface area (Å²) in [7, 11) is 0. The second-order valence-corrected chi connectivity index (χ2v) is 6.06. The van der Waals surface area contributed by atoms with E-state index in [2.05, 4.69) is 18.7 Å². The van der Waals surface area contributed by atoms with Crippen LogP contribution in [0.2, 0.25) is 0 Å². The van der Waals surface area contributed by atoms with Gasteiger partial charge in [0.2, 0.25) is 0 Å². The number of rotatable bonds is 8. The van der Waals surface area contributed by atoms with Crippen LogP contribution in [0.25, 0.3) is 0 Å². The minimum absolute atomic E-state index is 0.110. The summed E-state index contributed by atoms with van der Waals surface area (Å²) in [6, 6.07) is 5.78. The maximum atomic E-state index is 12.6.